The zero-order chi connectivity index (χ0) is 11.1. The highest BCUT2D eigenvalue weighted by Crippen LogP contribution is 2.46. The van der Waals surface area contributed by atoms with Gasteiger partial charge < -0.3 is 0 Å². The second-order valence-electron chi connectivity index (χ2n) is 6.41. The molecule has 0 N–H and O–H groups in total. The molecule has 2 bridgehead atoms. The van der Waals surface area contributed by atoms with Crippen molar-refractivity contribution in [2.24, 2.45) is 11.8 Å². The van der Waals surface area contributed by atoms with Gasteiger partial charge in [0.25, 0.3) is 0 Å². The number of hydrogen-bond donors (Lipinski definition) is 0. The lowest BCUT2D eigenvalue weighted by atomic mass is 9.93. The second-order valence-corrected chi connectivity index (χ2v) is 6.41. The number of nitrogens with zero attached hydrogens (tertiary/aromatic N) is 2. The molecule has 0 aromatic carbocycles. The molecule has 0 amide bonds. The first-order valence-corrected chi connectivity index (χ1v) is 7.22. The van der Waals surface area contributed by atoms with Crippen LogP contribution in [-0.4, -0.2) is 48.1 Å². The molecule has 2 heteroatoms. The van der Waals surface area contributed by atoms with E-state index in [4.69, 9.17) is 0 Å². The van der Waals surface area contributed by atoms with Gasteiger partial charge in [0.2, 0.25) is 0 Å². The van der Waals surface area contributed by atoms with E-state index >= 15 is 0 Å². The summed E-state index contributed by atoms with van der Waals surface area (Å²) in [5, 5.41) is 0. The van der Waals surface area contributed by atoms with Gasteiger partial charge in [0.15, 0.2) is 0 Å². The van der Waals surface area contributed by atoms with Crippen LogP contribution in [0.25, 0.3) is 0 Å². The quantitative estimate of drug-likeness (QED) is 0.707. The van der Waals surface area contributed by atoms with Crippen LogP contribution in [0.3, 0.4) is 0 Å². The fraction of sp³-hybridized carbons (Fsp3) is 1.00. The molecule has 1 saturated heterocycles. The molecular weight excluding hydrogens is 196 g/mol. The van der Waals surface area contributed by atoms with Crippen molar-refractivity contribution in [3.63, 3.8) is 0 Å². The highest BCUT2D eigenvalue weighted by atomic mass is 15.3. The van der Waals surface area contributed by atoms with E-state index in [9.17, 15) is 0 Å². The standard InChI is InChI=1S/C14H26N2/c1-11(2)15-5-7-16(8-6-15)14-10-12-3-4-13(14)9-12/h11-14H,3-10H2,1-2H3. The average molecular weight is 222 g/mol. The van der Waals surface area contributed by atoms with Crippen LogP contribution in [0, 0.1) is 11.8 Å². The van der Waals surface area contributed by atoms with Crippen LogP contribution < -0.4 is 0 Å². The SMILES string of the molecule is CC(C)N1CCN(C2CC3CCC2C3)CC1. The molecule has 1 heterocycles. The van der Waals surface area contributed by atoms with Gasteiger partial charge in [-0.15, -0.1) is 0 Å². The zero-order valence-corrected chi connectivity index (χ0v) is 10.9. The van der Waals surface area contributed by atoms with Gasteiger partial charge in [-0.2, -0.15) is 0 Å². The van der Waals surface area contributed by atoms with Gasteiger partial charge in [-0.3, -0.25) is 9.80 Å². The van der Waals surface area contributed by atoms with Crippen LogP contribution in [-0.2, 0) is 0 Å². The van der Waals surface area contributed by atoms with Gasteiger partial charge in [-0.1, -0.05) is 6.42 Å². The fourth-order valence-corrected chi connectivity index (χ4v) is 4.24. The van der Waals surface area contributed by atoms with Gasteiger partial charge in [-0.05, 0) is 44.9 Å². The van der Waals surface area contributed by atoms with Gasteiger partial charge >= 0.3 is 0 Å². The third-order valence-corrected chi connectivity index (χ3v) is 5.25. The Bertz CT molecular complexity index is 243. The predicted molar refractivity (Wildman–Crippen MR) is 67.5 cm³/mol. The summed E-state index contributed by atoms with van der Waals surface area (Å²) < 4.78 is 0. The normalized spacial score (nSPS) is 41.1. The molecule has 16 heavy (non-hydrogen) atoms. The molecule has 0 spiro atoms. The summed E-state index contributed by atoms with van der Waals surface area (Å²) in [6.45, 7) is 9.90. The Morgan fingerprint density at radius 1 is 0.938 bits per heavy atom. The van der Waals surface area contributed by atoms with Gasteiger partial charge in [-0.25, -0.2) is 0 Å². The third kappa shape index (κ3) is 1.91. The lowest BCUT2D eigenvalue weighted by Gasteiger charge is -2.42. The van der Waals surface area contributed by atoms with E-state index in [-0.39, 0.29) is 0 Å². The van der Waals surface area contributed by atoms with Crippen LogP contribution >= 0.6 is 0 Å². The van der Waals surface area contributed by atoms with Crippen LogP contribution in [0.4, 0.5) is 0 Å². The Kier molecular flexibility index (Phi) is 2.97. The Labute approximate surface area is 100.0 Å². The summed E-state index contributed by atoms with van der Waals surface area (Å²) >= 11 is 0. The first kappa shape index (κ1) is 11.0. The van der Waals surface area contributed by atoms with Crippen molar-refractivity contribution in [1.29, 1.82) is 0 Å². The highest BCUT2D eigenvalue weighted by molar-refractivity contribution is 4.96. The minimum Gasteiger partial charge on any atom is -0.298 e. The van der Waals surface area contributed by atoms with Crippen molar-refractivity contribution in [3.05, 3.63) is 0 Å². The zero-order valence-electron chi connectivity index (χ0n) is 10.9. The van der Waals surface area contributed by atoms with E-state index in [2.05, 4.69) is 23.6 Å². The van der Waals surface area contributed by atoms with Crippen LogP contribution in [0.15, 0.2) is 0 Å². The maximum absolute atomic E-state index is 2.81. The maximum atomic E-state index is 2.81. The molecule has 1 aliphatic heterocycles. The molecule has 3 fully saturated rings. The van der Waals surface area contributed by atoms with Crippen molar-refractivity contribution < 1.29 is 0 Å². The first-order valence-electron chi connectivity index (χ1n) is 7.22. The number of hydrogen-bond acceptors (Lipinski definition) is 2. The minimum absolute atomic E-state index is 0.738. The monoisotopic (exact) mass is 222 g/mol. The van der Waals surface area contributed by atoms with E-state index < -0.39 is 0 Å². The molecule has 0 aromatic rings. The molecule has 3 unspecified atom stereocenters. The molecule has 2 aliphatic carbocycles. The van der Waals surface area contributed by atoms with E-state index in [1.54, 1.807) is 6.42 Å². The van der Waals surface area contributed by atoms with E-state index in [0.29, 0.717) is 0 Å². The topological polar surface area (TPSA) is 6.48 Å². The number of piperazine rings is 1. The van der Waals surface area contributed by atoms with E-state index in [1.165, 1.54) is 45.4 Å². The summed E-state index contributed by atoms with van der Waals surface area (Å²) in [7, 11) is 0. The minimum atomic E-state index is 0.738. The molecule has 3 rings (SSSR count). The smallest absolute Gasteiger partial charge is 0.0127 e. The number of fused-ring (bicyclic) bond motifs is 2. The predicted octanol–water partition coefficient (Wildman–Crippen LogP) is 2.20. The van der Waals surface area contributed by atoms with Crippen LogP contribution in [0.5, 0.6) is 0 Å². The Morgan fingerprint density at radius 2 is 1.69 bits per heavy atom. The van der Waals surface area contributed by atoms with Crippen LogP contribution in [0.1, 0.15) is 39.5 Å². The maximum Gasteiger partial charge on any atom is 0.0127 e. The third-order valence-electron chi connectivity index (χ3n) is 5.25. The summed E-state index contributed by atoms with van der Waals surface area (Å²) in [6.07, 6.45) is 6.13. The molecule has 0 aromatic heterocycles. The second kappa shape index (κ2) is 4.30. The lowest BCUT2D eigenvalue weighted by molar-refractivity contribution is 0.0577. The van der Waals surface area contributed by atoms with Crippen molar-refractivity contribution in [3.8, 4) is 0 Å². The van der Waals surface area contributed by atoms with Gasteiger partial charge in [0, 0.05) is 38.3 Å². The van der Waals surface area contributed by atoms with Crippen molar-refractivity contribution >= 4 is 0 Å². The molecule has 2 nitrogen and oxygen atoms in total. The van der Waals surface area contributed by atoms with Gasteiger partial charge in [0.1, 0.15) is 0 Å². The average Bonchev–Trinajstić information content (AvgIpc) is 2.91. The lowest BCUT2D eigenvalue weighted by Crippen LogP contribution is -2.53. The van der Waals surface area contributed by atoms with Crippen LogP contribution in [0.2, 0.25) is 0 Å². The summed E-state index contributed by atoms with van der Waals surface area (Å²) in [5.41, 5.74) is 0. The summed E-state index contributed by atoms with van der Waals surface area (Å²) in [4.78, 5) is 5.44. The summed E-state index contributed by atoms with van der Waals surface area (Å²) in [6, 6.07) is 1.70. The largest absolute Gasteiger partial charge is 0.298 e. The molecule has 3 aliphatic rings. The Morgan fingerprint density at radius 3 is 2.19 bits per heavy atom. The summed E-state index contributed by atoms with van der Waals surface area (Å²) in [5.74, 6) is 2.16. The molecule has 2 saturated carbocycles. The molecule has 92 valence electrons. The Balaban J connectivity index is 1.54. The molecular formula is C14H26N2. The van der Waals surface area contributed by atoms with Crippen molar-refractivity contribution in [2.75, 3.05) is 26.2 Å². The van der Waals surface area contributed by atoms with Crippen molar-refractivity contribution in [2.45, 2.75) is 51.6 Å². The fourth-order valence-electron chi connectivity index (χ4n) is 4.24. The van der Waals surface area contributed by atoms with Gasteiger partial charge in [0.05, 0.1) is 0 Å². The van der Waals surface area contributed by atoms with Crippen molar-refractivity contribution in [1.82, 2.24) is 9.80 Å². The molecule has 0 radical (unpaired) electrons. The Hall–Kier alpha value is -0.0800. The number of rotatable bonds is 2. The highest BCUT2D eigenvalue weighted by Gasteiger charge is 2.42. The first-order chi connectivity index (χ1) is 7.74. The van der Waals surface area contributed by atoms with E-state index in [1.807, 2.05) is 0 Å². The van der Waals surface area contributed by atoms with E-state index in [0.717, 1.165) is 23.9 Å². The molecule has 3 atom stereocenters.